The van der Waals surface area contributed by atoms with E-state index in [1.165, 1.54) is 0 Å². The highest BCUT2D eigenvalue weighted by atomic mass is 32.1. The fourth-order valence-corrected chi connectivity index (χ4v) is 3.38. The summed E-state index contributed by atoms with van der Waals surface area (Å²) in [5.74, 6) is 0.0468. The summed E-state index contributed by atoms with van der Waals surface area (Å²) in [5.41, 5.74) is 2.47. The van der Waals surface area contributed by atoms with Crippen LogP contribution >= 0.6 is 12.2 Å². The molecule has 2 N–H and O–H groups in total. The highest BCUT2D eigenvalue weighted by molar-refractivity contribution is 7.80. The fraction of sp³-hybridized carbons (Fsp3) is 0.160. The molecule has 164 valence electrons. The number of nitrogens with zero attached hydrogens (tertiary/aromatic N) is 1. The lowest BCUT2D eigenvalue weighted by molar-refractivity contribution is 0.0970. The molecule has 0 aromatic heterocycles. The van der Waals surface area contributed by atoms with Gasteiger partial charge in [-0.05, 0) is 74.6 Å². The number of carbonyl (C=O) groups is 2. The molecule has 0 heterocycles. The average molecular weight is 448 g/mol. The molecule has 0 saturated heterocycles. The van der Waals surface area contributed by atoms with Gasteiger partial charge in [0.05, 0.1) is 12.2 Å². The number of thiocarbonyl (C=S) groups is 1. The van der Waals surface area contributed by atoms with E-state index in [9.17, 15) is 9.59 Å². The highest BCUT2D eigenvalue weighted by Gasteiger charge is 2.16. The number of hydrogen-bond acceptors (Lipinski definition) is 4. The molecule has 0 atom stereocenters. The first-order valence-corrected chi connectivity index (χ1v) is 10.8. The molecular weight excluding hydrogens is 422 g/mol. The number of anilines is 2. The Hall–Kier alpha value is -3.71. The Morgan fingerprint density at radius 2 is 1.56 bits per heavy atom. The molecule has 0 aliphatic heterocycles. The van der Waals surface area contributed by atoms with Crippen LogP contribution in [0.4, 0.5) is 11.4 Å². The highest BCUT2D eigenvalue weighted by Crippen LogP contribution is 2.19. The lowest BCUT2D eigenvalue weighted by Crippen LogP contribution is -2.34. The van der Waals surface area contributed by atoms with Gasteiger partial charge in [0.2, 0.25) is 0 Å². The third-order valence-electron chi connectivity index (χ3n) is 4.68. The predicted molar refractivity (Wildman–Crippen MR) is 132 cm³/mol. The van der Waals surface area contributed by atoms with E-state index in [1.807, 2.05) is 44.2 Å². The Bertz CT molecular complexity index is 1090. The van der Waals surface area contributed by atoms with Gasteiger partial charge in [-0.15, -0.1) is 0 Å². The van der Waals surface area contributed by atoms with Crippen LogP contribution in [-0.2, 0) is 0 Å². The van der Waals surface area contributed by atoms with Crippen molar-refractivity contribution in [3.05, 3.63) is 90.0 Å². The van der Waals surface area contributed by atoms with E-state index in [4.69, 9.17) is 17.0 Å². The van der Waals surface area contributed by atoms with Gasteiger partial charge in [0.15, 0.2) is 5.11 Å². The Balaban J connectivity index is 1.63. The van der Waals surface area contributed by atoms with Gasteiger partial charge in [0.25, 0.3) is 11.8 Å². The molecule has 32 heavy (non-hydrogen) atoms. The van der Waals surface area contributed by atoms with Crippen LogP contribution in [0.15, 0.2) is 78.9 Å². The molecule has 3 rings (SSSR count). The Morgan fingerprint density at radius 1 is 0.906 bits per heavy atom. The summed E-state index contributed by atoms with van der Waals surface area (Å²) in [6.07, 6.45) is 0. The average Bonchev–Trinajstić information content (AvgIpc) is 2.81. The molecule has 0 unspecified atom stereocenters. The van der Waals surface area contributed by atoms with Gasteiger partial charge in [0.1, 0.15) is 5.75 Å². The maximum Gasteiger partial charge on any atom is 0.261 e. The van der Waals surface area contributed by atoms with Gasteiger partial charge in [-0.3, -0.25) is 14.9 Å². The fourth-order valence-electron chi connectivity index (χ4n) is 3.17. The molecule has 0 aliphatic carbocycles. The topological polar surface area (TPSA) is 70.7 Å². The lowest BCUT2D eigenvalue weighted by atomic mass is 10.1. The number of hydrogen-bond donors (Lipinski definition) is 2. The monoisotopic (exact) mass is 447 g/mol. The third-order valence-corrected chi connectivity index (χ3v) is 4.88. The first-order chi connectivity index (χ1) is 15.5. The van der Waals surface area contributed by atoms with Crippen molar-refractivity contribution in [1.29, 1.82) is 0 Å². The Labute approximate surface area is 193 Å². The summed E-state index contributed by atoms with van der Waals surface area (Å²) >= 11 is 5.27. The van der Waals surface area contributed by atoms with E-state index in [0.29, 0.717) is 35.7 Å². The summed E-state index contributed by atoms with van der Waals surface area (Å²) in [5, 5.41) is 5.78. The molecule has 6 nitrogen and oxygen atoms in total. The number of ether oxygens (including phenoxy) is 1. The minimum atomic E-state index is -0.361. The third kappa shape index (κ3) is 5.70. The summed E-state index contributed by atoms with van der Waals surface area (Å²) in [7, 11) is 0. The zero-order valence-electron chi connectivity index (χ0n) is 18.0. The molecule has 2 amide bonds. The summed E-state index contributed by atoms with van der Waals surface area (Å²) in [6, 6.07) is 23.5. The van der Waals surface area contributed by atoms with Crippen molar-refractivity contribution >= 4 is 40.5 Å². The molecule has 7 heteroatoms. The molecule has 0 aliphatic rings. The van der Waals surface area contributed by atoms with Crippen molar-refractivity contribution in [2.45, 2.75) is 13.8 Å². The minimum Gasteiger partial charge on any atom is -0.493 e. The minimum absolute atomic E-state index is 0.0892. The largest absolute Gasteiger partial charge is 0.493 e. The van der Waals surface area contributed by atoms with Gasteiger partial charge in [-0.2, -0.15) is 0 Å². The number of nitrogens with one attached hydrogen (secondary N) is 2. The van der Waals surface area contributed by atoms with Crippen LogP contribution in [0.5, 0.6) is 5.75 Å². The van der Waals surface area contributed by atoms with Gasteiger partial charge >= 0.3 is 0 Å². The van der Waals surface area contributed by atoms with E-state index in [1.54, 1.807) is 53.4 Å². The number of amides is 2. The summed E-state index contributed by atoms with van der Waals surface area (Å²) < 4.78 is 5.49. The molecule has 0 spiro atoms. The summed E-state index contributed by atoms with van der Waals surface area (Å²) in [6.45, 7) is 4.81. The standard InChI is InChI=1S/C25H25N3O3S/c1-3-28(20-10-6-5-7-11-20)24(30)18-14-16-19(17-15-18)26-25(32)27-23(29)21-12-8-9-13-22(21)31-4-2/h5-17H,3-4H2,1-2H3,(H2,26,27,29,32). The van der Waals surface area contributed by atoms with Crippen molar-refractivity contribution in [2.24, 2.45) is 0 Å². The normalized spacial score (nSPS) is 10.2. The van der Waals surface area contributed by atoms with Crippen molar-refractivity contribution < 1.29 is 14.3 Å². The zero-order valence-corrected chi connectivity index (χ0v) is 18.8. The van der Waals surface area contributed by atoms with Crippen molar-refractivity contribution in [3.63, 3.8) is 0 Å². The van der Waals surface area contributed by atoms with Gasteiger partial charge in [-0.25, -0.2) is 0 Å². The van der Waals surface area contributed by atoms with Gasteiger partial charge in [-0.1, -0.05) is 30.3 Å². The van der Waals surface area contributed by atoms with E-state index >= 15 is 0 Å². The van der Waals surface area contributed by atoms with Crippen molar-refractivity contribution in [2.75, 3.05) is 23.4 Å². The Kier molecular flexibility index (Phi) is 7.94. The predicted octanol–water partition coefficient (Wildman–Crippen LogP) is 4.88. The van der Waals surface area contributed by atoms with Gasteiger partial charge in [0, 0.05) is 23.5 Å². The van der Waals surface area contributed by atoms with E-state index < -0.39 is 0 Å². The molecule has 0 radical (unpaired) electrons. The van der Waals surface area contributed by atoms with Crippen LogP contribution in [0.2, 0.25) is 0 Å². The number of para-hydroxylation sites is 2. The Morgan fingerprint density at radius 3 is 2.22 bits per heavy atom. The van der Waals surface area contributed by atoms with E-state index in [0.717, 1.165) is 5.69 Å². The van der Waals surface area contributed by atoms with Crippen LogP contribution in [0, 0.1) is 0 Å². The second kappa shape index (κ2) is 11.1. The van der Waals surface area contributed by atoms with Crippen molar-refractivity contribution in [3.8, 4) is 5.75 Å². The first-order valence-electron chi connectivity index (χ1n) is 10.3. The van der Waals surface area contributed by atoms with Crippen LogP contribution < -0.4 is 20.3 Å². The van der Waals surface area contributed by atoms with E-state index in [2.05, 4.69) is 10.6 Å². The maximum absolute atomic E-state index is 12.9. The van der Waals surface area contributed by atoms with Crippen molar-refractivity contribution in [1.82, 2.24) is 5.32 Å². The van der Waals surface area contributed by atoms with Crippen LogP contribution in [0.3, 0.4) is 0 Å². The molecular formula is C25H25N3O3S. The number of carbonyl (C=O) groups excluding carboxylic acids is 2. The quantitative estimate of drug-likeness (QED) is 0.505. The van der Waals surface area contributed by atoms with Crippen LogP contribution in [-0.4, -0.2) is 30.1 Å². The molecule has 3 aromatic carbocycles. The second-order valence-electron chi connectivity index (χ2n) is 6.80. The smallest absolute Gasteiger partial charge is 0.261 e. The SMILES string of the molecule is CCOc1ccccc1C(=O)NC(=S)Nc1ccc(C(=O)N(CC)c2ccccc2)cc1. The van der Waals surface area contributed by atoms with Crippen LogP contribution in [0.25, 0.3) is 0 Å². The molecule has 0 fully saturated rings. The maximum atomic E-state index is 12.9. The first kappa shape index (κ1) is 23.0. The van der Waals surface area contributed by atoms with Gasteiger partial charge < -0.3 is 15.0 Å². The number of benzene rings is 3. The second-order valence-corrected chi connectivity index (χ2v) is 7.21. The van der Waals surface area contributed by atoms with Crippen LogP contribution in [0.1, 0.15) is 34.6 Å². The molecule has 3 aromatic rings. The molecule has 0 saturated carbocycles. The number of rotatable bonds is 7. The lowest BCUT2D eigenvalue weighted by Gasteiger charge is -2.21. The van der Waals surface area contributed by atoms with E-state index in [-0.39, 0.29) is 16.9 Å². The molecule has 0 bridgehead atoms. The summed E-state index contributed by atoms with van der Waals surface area (Å²) in [4.78, 5) is 27.2. The zero-order chi connectivity index (χ0) is 22.9.